The Kier molecular flexibility index (Phi) is 3.62. The Balaban J connectivity index is 1.80. The molecule has 0 atom stereocenters. The van der Waals surface area contributed by atoms with E-state index < -0.39 is 0 Å². The quantitative estimate of drug-likeness (QED) is 0.784. The Morgan fingerprint density at radius 1 is 0.950 bits per heavy atom. The molecule has 3 aromatic rings. The van der Waals surface area contributed by atoms with Crippen molar-refractivity contribution in [1.29, 1.82) is 0 Å². The average molecular weight is 305 g/mol. The number of aromatic nitrogens is 2. The van der Waals surface area contributed by atoms with E-state index in [1.807, 2.05) is 12.1 Å². The molecule has 6 heteroatoms. The van der Waals surface area contributed by atoms with Gasteiger partial charge in [-0.2, -0.15) is 0 Å². The molecule has 0 bridgehead atoms. The first-order valence-corrected chi connectivity index (χ1v) is 6.96. The Morgan fingerprint density at radius 3 is 2.35 bits per heavy atom. The fourth-order valence-corrected chi connectivity index (χ4v) is 2.38. The molecule has 1 N–H and O–H groups in total. The van der Waals surface area contributed by atoms with Crippen molar-refractivity contribution >= 4 is 23.4 Å². The minimum absolute atomic E-state index is 0.224. The monoisotopic (exact) mass is 304 g/mol. The lowest BCUT2D eigenvalue weighted by molar-refractivity contribution is 0.465. The predicted molar refractivity (Wildman–Crippen MR) is 77.0 cm³/mol. The van der Waals surface area contributed by atoms with Crippen LogP contribution in [0.2, 0.25) is 5.02 Å². The van der Waals surface area contributed by atoms with Gasteiger partial charge in [0.1, 0.15) is 5.75 Å². The Hall–Kier alpha value is -1.98. The number of phenols is 1. The van der Waals surface area contributed by atoms with Crippen LogP contribution in [0.5, 0.6) is 5.75 Å². The van der Waals surface area contributed by atoms with Gasteiger partial charge in [0.25, 0.3) is 5.22 Å². The highest BCUT2D eigenvalue weighted by molar-refractivity contribution is 7.99. The summed E-state index contributed by atoms with van der Waals surface area (Å²) in [6.45, 7) is 0. The van der Waals surface area contributed by atoms with Crippen molar-refractivity contribution < 1.29 is 9.52 Å². The molecule has 2 aromatic carbocycles. The molecule has 0 aliphatic carbocycles. The second kappa shape index (κ2) is 5.56. The van der Waals surface area contributed by atoms with Gasteiger partial charge in [0, 0.05) is 15.5 Å². The van der Waals surface area contributed by atoms with E-state index in [2.05, 4.69) is 10.2 Å². The van der Waals surface area contributed by atoms with Crippen LogP contribution in [-0.2, 0) is 0 Å². The number of nitrogens with zero attached hydrogens (tertiary/aromatic N) is 2. The third kappa shape index (κ3) is 2.95. The summed E-state index contributed by atoms with van der Waals surface area (Å²) >= 11 is 7.17. The summed E-state index contributed by atoms with van der Waals surface area (Å²) in [5.41, 5.74) is 0.819. The maximum atomic E-state index is 9.23. The molecule has 3 rings (SSSR count). The standard InChI is InChI=1S/C14H9ClN2O2S/c15-10-3-1-9(2-4-10)13-16-17-14(19-13)20-12-7-5-11(18)6-8-12/h1-8,18H. The van der Waals surface area contributed by atoms with Crippen molar-refractivity contribution in [2.45, 2.75) is 10.1 Å². The van der Waals surface area contributed by atoms with Crippen LogP contribution in [0.3, 0.4) is 0 Å². The molecule has 0 saturated carbocycles. The lowest BCUT2D eigenvalue weighted by Crippen LogP contribution is -1.76. The van der Waals surface area contributed by atoms with E-state index in [1.54, 1.807) is 36.4 Å². The lowest BCUT2D eigenvalue weighted by Gasteiger charge is -1.96. The zero-order valence-electron chi connectivity index (χ0n) is 10.2. The topological polar surface area (TPSA) is 59.2 Å². The maximum absolute atomic E-state index is 9.23. The molecule has 4 nitrogen and oxygen atoms in total. The van der Waals surface area contributed by atoms with E-state index in [0.717, 1.165) is 10.5 Å². The van der Waals surface area contributed by atoms with Crippen molar-refractivity contribution in [2.24, 2.45) is 0 Å². The number of rotatable bonds is 3. The molecule has 0 aliphatic heterocycles. The third-order valence-electron chi connectivity index (χ3n) is 2.54. The SMILES string of the molecule is Oc1ccc(Sc2nnc(-c3ccc(Cl)cc3)o2)cc1. The molecule has 20 heavy (non-hydrogen) atoms. The van der Waals surface area contributed by atoms with Crippen molar-refractivity contribution in [3.63, 3.8) is 0 Å². The van der Waals surface area contributed by atoms with Crippen LogP contribution in [-0.4, -0.2) is 15.3 Å². The molecule has 0 amide bonds. The van der Waals surface area contributed by atoms with Gasteiger partial charge in [0.05, 0.1) is 0 Å². The molecule has 0 fully saturated rings. The van der Waals surface area contributed by atoms with Gasteiger partial charge in [-0.15, -0.1) is 10.2 Å². The molecule has 0 spiro atoms. The van der Waals surface area contributed by atoms with Crippen LogP contribution in [0.25, 0.3) is 11.5 Å². The van der Waals surface area contributed by atoms with Gasteiger partial charge in [0.2, 0.25) is 5.89 Å². The molecular weight excluding hydrogens is 296 g/mol. The highest BCUT2D eigenvalue weighted by atomic mass is 35.5. The minimum atomic E-state index is 0.224. The van der Waals surface area contributed by atoms with Crippen molar-refractivity contribution in [1.82, 2.24) is 10.2 Å². The van der Waals surface area contributed by atoms with Crippen molar-refractivity contribution in [3.05, 3.63) is 53.6 Å². The van der Waals surface area contributed by atoms with Crippen LogP contribution in [0.4, 0.5) is 0 Å². The van der Waals surface area contributed by atoms with Gasteiger partial charge in [0.15, 0.2) is 0 Å². The molecule has 1 aromatic heterocycles. The first-order valence-electron chi connectivity index (χ1n) is 5.77. The normalized spacial score (nSPS) is 10.7. The molecule has 1 heterocycles. The second-order valence-corrected chi connectivity index (χ2v) is 5.44. The summed E-state index contributed by atoms with van der Waals surface area (Å²) in [5.74, 6) is 0.671. The van der Waals surface area contributed by atoms with Crippen molar-refractivity contribution in [2.75, 3.05) is 0 Å². The molecule has 0 radical (unpaired) electrons. The van der Waals surface area contributed by atoms with Gasteiger partial charge in [-0.05, 0) is 60.3 Å². The van der Waals surface area contributed by atoms with E-state index in [1.165, 1.54) is 11.8 Å². The number of aromatic hydroxyl groups is 1. The average Bonchev–Trinajstić information content (AvgIpc) is 2.91. The largest absolute Gasteiger partial charge is 0.508 e. The summed E-state index contributed by atoms with van der Waals surface area (Å²) in [5, 5.41) is 18.3. The second-order valence-electron chi connectivity index (χ2n) is 3.98. The van der Waals surface area contributed by atoms with Gasteiger partial charge < -0.3 is 9.52 Å². The number of hydrogen-bond acceptors (Lipinski definition) is 5. The predicted octanol–water partition coefficient (Wildman–Crippen LogP) is 4.25. The summed E-state index contributed by atoms with van der Waals surface area (Å²) in [6, 6.07) is 14.0. The number of hydrogen-bond donors (Lipinski definition) is 1. The summed E-state index contributed by atoms with van der Waals surface area (Å²) in [7, 11) is 0. The maximum Gasteiger partial charge on any atom is 0.281 e. The number of phenolic OH excluding ortho intramolecular Hbond substituents is 1. The van der Waals surface area contributed by atoms with Crippen LogP contribution in [0.15, 0.2) is 63.1 Å². The van der Waals surface area contributed by atoms with E-state index >= 15 is 0 Å². The Morgan fingerprint density at radius 2 is 1.65 bits per heavy atom. The van der Waals surface area contributed by atoms with Gasteiger partial charge in [-0.25, -0.2) is 0 Å². The molecule has 100 valence electrons. The minimum Gasteiger partial charge on any atom is -0.508 e. The first-order chi connectivity index (χ1) is 9.70. The Bertz CT molecular complexity index is 711. The summed E-state index contributed by atoms with van der Waals surface area (Å²) in [4.78, 5) is 0.911. The third-order valence-corrected chi connectivity index (χ3v) is 3.64. The smallest absolute Gasteiger partial charge is 0.281 e. The first kappa shape index (κ1) is 13.0. The number of benzene rings is 2. The van der Waals surface area contributed by atoms with E-state index in [-0.39, 0.29) is 5.75 Å². The summed E-state index contributed by atoms with van der Waals surface area (Å²) < 4.78 is 5.58. The van der Waals surface area contributed by atoms with Crippen LogP contribution < -0.4 is 0 Å². The lowest BCUT2D eigenvalue weighted by atomic mass is 10.2. The fraction of sp³-hybridized carbons (Fsp3) is 0. The summed E-state index contributed by atoms with van der Waals surface area (Å²) in [6.07, 6.45) is 0. The van der Waals surface area contributed by atoms with Crippen molar-refractivity contribution in [3.8, 4) is 17.2 Å². The molecule has 0 aliphatic rings. The highest BCUT2D eigenvalue weighted by Gasteiger charge is 2.09. The van der Waals surface area contributed by atoms with Gasteiger partial charge in [-0.1, -0.05) is 11.6 Å². The zero-order valence-corrected chi connectivity index (χ0v) is 11.7. The van der Waals surface area contributed by atoms with Gasteiger partial charge >= 0.3 is 0 Å². The van der Waals surface area contributed by atoms with Crippen LogP contribution in [0, 0.1) is 0 Å². The molecule has 0 unspecified atom stereocenters. The zero-order chi connectivity index (χ0) is 13.9. The van der Waals surface area contributed by atoms with Crippen LogP contribution in [0.1, 0.15) is 0 Å². The molecular formula is C14H9ClN2O2S. The fourth-order valence-electron chi connectivity index (χ4n) is 1.58. The highest BCUT2D eigenvalue weighted by Crippen LogP contribution is 2.30. The molecule has 0 saturated heterocycles. The van der Waals surface area contributed by atoms with E-state index in [0.29, 0.717) is 16.1 Å². The van der Waals surface area contributed by atoms with Crippen LogP contribution >= 0.6 is 23.4 Å². The van der Waals surface area contributed by atoms with Gasteiger partial charge in [-0.3, -0.25) is 0 Å². The van der Waals surface area contributed by atoms with E-state index in [9.17, 15) is 5.11 Å². The van der Waals surface area contributed by atoms with E-state index in [4.69, 9.17) is 16.0 Å². The number of halogens is 1. The Labute approximate surface area is 124 Å².